The van der Waals surface area contributed by atoms with Crippen molar-refractivity contribution in [3.05, 3.63) is 93.4 Å². The molecule has 0 bridgehead atoms. The van der Waals surface area contributed by atoms with E-state index in [0.717, 1.165) is 29.8 Å². The van der Waals surface area contributed by atoms with E-state index in [1.165, 1.54) is 0 Å². The monoisotopic (exact) mass is 467 g/mol. The standard InChI is InChI=1S/C26H28ClN2O4/c1-32-17-18-4-2-5-20(14-18)25(31)21-7-8-24(19(15-21)10-13-30)29-12-9-22(16-29)33-26-23(27)6-3-11-28-26/h2-8,11,14-15,22,26,30H,9-10,12-13,16-17H2,1H3/q-1. The van der Waals surface area contributed by atoms with E-state index in [1.807, 2.05) is 42.5 Å². The molecule has 1 fully saturated rings. The van der Waals surface area contributed by atoms with Gasteiger partial charge in [0.05, 0.1) is 12.7 Å². The van der Waals surface area contributed by atoms with E-state index in [4.69, 9.17) is 21.1 Å². The molecule has 7 heteroatoms. The summed E-state index contributed by atoms with van der Waals surface area (Å²) in [6.07, 6.45) is 6.16. The van der Waals surface area contributed by atoms with Crippen molar-refractivity contribution in [2.24, 2.45) is 0 Å². The Balaban J connectivity index is 1.49. The van der Waals surface area contributed by atoms with E-state index in [9.17, 15) is 9.90 Å². The number of benzene rings is 2. The van der Waals surface area contributed by atoms with E-state index >= 15 is 0 Å². The zero-order valence-electron chi connectivity index (χ0n) is 18.6. The van der Waals surface area contributed by atoms with Crippen molar-refractivity contribution in [2.75, 3.05) is 31.7 Å². The van der Waals surface area contributed by atoms with Gasteiger partial charge in [-0.3, -0.25) is 4.79 Å². The zero-order valence-corrected chi connectivity index (χ0v) is 19.4. The number of halogens is 1. The smallest absolute Gasteiger partial charge is 0.193 e. The average Bonchev–Trinajstić information content (AvgIpc) is 3.29. The Morgan fingerprint density at radius 3 is 2.88 bits per heavy atom. The van der Waals surface area contributed by atoms with E-state index in [0.29, 0.717) is 35.7 Å². The summed E-state index contributed by atoms with van der Waals surface area (Å²) in [6, 6.07) is 13.2. The Labute approximate surface area is 199 Å². The first-order valence-electron chi connectivity index (χ1n) is 11.1. The quantitative estimate of drug-likeness (QED) is 0.548. The summed E-state index contributed by atoms with van der Waals surface area (Å²) in [4.78, 5) is 15.4. The van der Waals surface area contributed by atoms with Gasteiger partial charge in [0, 0.05) is 54.9 Å². The summed E-state index contributed by atoms with van der Waals surface area (Å²) in [6.45, 7) is 1.99. The van der Waals surface area contributed by atoms with Gasteiger partial charge in [-0.15, -0.1) is 0 Å². The number of carbonyl (C=O) groups is 1. The van der Waals surface area contributed by atoms with Crippen LogP contribution in [0.5, 0.6) is 0 Å². The Morgan fingerprint density at radius 1 is 1.24 bits per heavy atom. The first kappa shape index (κ1) is 23.5. The van der Waals surface area contributed by atoms with Crippen LogP contribution < -0.4 is 4.90 Å². The van der Waals surface area contributed by atoms with Crippen LogP contribution in [0.3, 0.4) is 0 Å². The predicted octanol–water partition coefficient (Wildman–Crippen LogP) is 4.54. The lowest BCUT2D eigenvalue weighted by molar-refractivity contribution is 0.0444. The van der Waals surface area contributed by atoms with Crippen molar-refractivity contribution in [1.82, 2.24) is 0 Å². The summed E-state index contributed by atoms with van der Waals surface area (Å²) in [5, 5.41) is 14.5. The van der Waals surface area contributed by atoms with Crippen LogP contribution in [0.2, 0.25) is 0 Å². The third-order valence-electron chi connectivity index (χ3n) is 5.83. The molecule has 2 aromatic carbocycles. The molecule has 0 amide bonds. The highest BCUT2D eigenvalue weighted by Gasteiger charge is 2.26. The number of ether oxygens (including phenoxy) is 2. The number of hydrogen-bond acceptors (Lipinski definition) is 5. The maximum atomic E-state index is 13.1. The van der Waals surface area contributed by atoms with Crippen LogP contribution in [-0.4, -0.2) is 50.0 Å². The molecule has 1 saturated heterocycles. The fourth-order valence-corrected chi connectivity index (χ4v) is 4.43. The zero-order chi connectivity index (χ0) is 23.2. The number of methoxy groups -OCH3 is 1. The highest BCUT2D eigenvalue weighted by molar-refractivity contribution is 6.30. The second-order valence-corrected chi connectivity index (χ2v) is 8.60. The molecule has 33 heavy (non-hydrogen) atoms. The fraction of sp³-hybridized carbons (Fsp3) is 0.346. The maximum absolute atomic E-state index is 13.1. The van der Waals surface area contributed by atoms with Gasteiger partial charge in [-0.05, 0) is 54.3 Å². The Morgan fingerprint density at radius 2 is 2.09 bits per heavy atom. The molecule has 2 unspecified atom stereocenters. The van der Waals surface area contributed by atoms with Gasteiger partial charge in [0.2, 0.25) is 0 Å². The molecule has 4 rings (SSSR count). The molecule has 0 spiro atoms. The van der Waals surface area contributed by atoms with Crippen molar-refractivity contribution >= 4 is 23.1 Å². The first-order chi connectivity index (χ1) is 16.1. The molecule has 2 aromatic rings. The van der Waals surface area contributed by atoms with Crippen molar-refractivity contribution in [3.63, 3.8) is 0 Å². The van der Waals surface area contributed by atoms with Crippen molar-refractivity contribution in [3.8, 4) is 0 Å². The second kappa shape index (κ2) is 11.0. The van der Waals surface area contributed by atoms with Crippen molar-refractivity contribution < 1.29 is 19.4 Å². The largest absolute Gasteiger partial charge is 0.662 e. The number of hydrogen-bond donors (Lipinski definition) is 1. The van der Waals surface area contributed by atoms with Gasteiger partial charge in [-0.1, -0.05) is 35.9 Å². The maximum Gasteiger partial charge on any atom is 0.193 e. The van der Waals surface area contributed by atoms with Gasteiger partial charge in [0.15, 0.2) is 5.78 Å². The van der Waals surface area contributed by atoms with Crippen molar-refractivity contribution in [1.29, 1.82) is 0 Å². The molecule has 2 aliphatic rings. The molecule has 0 radical (unpaired) electrons. The van der Waals surface area contributed by atoms with E-state index in [2.05, 4.69) is 10.2 Å². The summed E-state index contributed by atoms with van der Waals surface area (Å²) in [5.74, 6) is -0.0466. The van der Waals surface area contributed by atoms with Crippen LogP contribution in [0.25, 0.3) is 5.32 Å². The second-order valence-electron chi connectivity index (χ2n) is 8.17. The summed E-state index contributed by atoms with van der Waals surface area (Å²) in [5.41, 5.74) is 4.14. The van der Waals surface area contributed by atoms with E-state index in [-0.39, 0.29) is 18.5 Å². The summed E-state index contributed by atoms with van der Waals surface area (Å²) in [7, 11) is 1.63. The van der Waals surface area contributed by atoms with Crippen molar-refractivity contribution in [2.45, 2.75) is 31.8 Å². The lowest BCUT2D eigenvalue weighted by Gasteiger charge is -2.34. The van der Waals surface area contributed by atoms with Crippen LogP contribution in [-0.2, 0) is 22.5 Å². The number of allylic oxidation sites excluding steroid dienone is 2. The Hall–Kier alpha value is -2.64. The van der Waals surface area contributed by atoms with Crippen LogP contribution in [0.15, 0.2) is 65.8 Å². The Bertz CT molecular complexity index is 1050. The third kappa shape index (κ3) is 5.65. The van der Waals surface area contributed by atoms with E-state index < -0.39 is 6.23 Å². The molecule has 2 heterocycles. The molecule has 0 saturated carbocycles. The van der Waals surface area contributed by atoms with Gasteiger partial charge in [-0.25, -0.2) is 0 Å². The topological polar surface area (TPSA) is 73.1 Å². The van der Waals surface area contributed by atoms with Gasteiger partial charge >= 0.3 is 0 Å². The van der Waals surface area contributed by atoms with Gasteiger partial charge in [-0.2, -0.15) is 6.20 Å². The highest BCUT2D eigenvalue weighted by Crippen LogP contribution is 2.31. The number of ketones is 1. The van der Waals surface area contributed by atoms with Gasteiger partial charge < -0.3 is 24.8 Å². The molecule has 6 nitrogen and oxygen atoms in total. The molecule has 2 atom stereocenters. The molecule has 174 valence electrons. The van der Waals surface area contributed by atoms with E-state index in [1.54, 1.807) is 25.5 Å². The number of aliphatic hydroxyl groups is 1. The normalized spacial score (nSPS) is 20.0. The minimum absolute atomic E-state index is 0.000732. The number of carbonyl (C=O) groups excluding carboxylic acids is 1. The summed E-state index contributed by atoms with van der Waals surface area (Å²) < 4.78 is 11.3. The van der Waals surface area contributed by atoms with Gasteiger partial charge in [0.1, 0.15) is 0 Å². The molecule has 0 aliphatic carbocycles. The number of aliphatic hydroxyl groups excluding tert-OH is 1. The van der Waals surface area contributed by atoms with Crippen LogP contribution >= 0.6 is 11.6 Å². The lowest BCUT2D eigenvalue weighted by atomic mass is 9.97. The van der Waals surface area contributed by atoms with Crippen LogP contribution in [0.1, 0.15) is 33.5 Å². The third-order valence-corrected chi connectivity index (χ3v) is 6.14. The number of nitrogens with zero attached hydrogens (tertiary/aromatic N) is 2. The summed E-state index contributed by atoms with van der Waals surface area (Å²) >= 11 is 6.22. The predicted molar refractivity (Wildman–Crippen MR) is 130 cm³/mol. The van der Waals surface area contributed by atoms with Crippen LogP contribution in [0.4, 0.5) is 5.69 Å². The first-order valence-corrected chi connectivity index (χ1v) is 11.5. The minimum atomic E-state index is -0.451. The molecule has 0 aromatic heterocycles. The van der Waals surface area contributed by atoms with Gasteiger partial charge in [0.25, 0.3) is 0 Å². The SMILES string of the molecule is COCc1cccc(C(=O)c2ccc(N3CCC(OC4[N-]C=CC=C4Cl)C3)c(CCO)c2)c1. The average molecular weight is 468 g/mol. The fourth-order valence-electron chi connectivity index (χ4n) is 4.25. The lowest BCUT2D eigenvalue weighted by Crippen LogP contribution is -2.27. The molecule has 1 N–H and O–H groups in total. The Kier molecular flexibility index (Phi) is 7.83. The highest BCUT2D eigenvalue weighted by atomic mass is 35.5. The number of rotatable bonds is 9. The molecule has 2 aliphatic heterocycles. The number of anilines is 1. The molecular formula is C26H28ClN2O4-. The minimum Gasteiger partial charge on any atom is -0.662 e. The molecular weight excluding hydrogens is 440 g/mol. The van der Waals surface area contributed by atoms with Crippen LogP contribution in [0, 0.1) is 0 Å².